The largest absolute Gasteiger partial charge is 0.480 e. The minimum atomic E-state index is -3.62. The van der Waals surface area contributed by atoms with Crippen LogP contribution in [0, 0.1) is 0 Å². The van der Waals surface area contributed by atoms with Crippen molar-refractivity contribution >= 4 is 16.0 Å². The van der Waals surface area contributed by atoms with E-state index in [1.165, 1.54) is 4.31 Å². The lowest BCUT2D eigenvalue weighted by molar-refractivity contribution is -0.134. The van der Waals surface area contributed by atoms with Crippen LogP contribution in [0.25, 0.3) is 0 Å². The Hall–Kier alpha value is -0.660. The van der Waals surface area contributed by atoms with Crippen molar-refractivity contribution in [2.75, 3.05) is 32.9 Å². The molecule has 0 saturated carbocycles. The number of rotatable bonds is 4. The van der Waals surface area contributed by atoms with Crippen LogP contribution in [0.15, 0.2) is 0 Å². The van der Waals surface area contributed by atoms with Gasteiger partial charge in [0.2, 0.25) is 10.0 Å². The van der Waals surface area contributed by atoms with E-state index in [1.54, 1.807) is 0 Å². The second-order valence-corrected chi connectivity index (χ2v) is 5.88. The lowest BCUT2D eigenvalue weighted by Gasteiger charge is -2.19. The molecule has 1 heterocycles. The van der Waals surface area contributed by atoms with Gasteiger partial charge in [0.1, 0.15) is 0 Å². The number of likely N-dealkylation sites (N-methyl/N-ethyl adjacent to an activating group) is 1. The van der Waals surface area contributed by atoms with Crippen LogP contribution in [-0.4, -0.2) is 67.7 Å². The summed E-state index contributed by atoms with van der Waals surface area (Å²) in [6.45, 7) is 0.807. The summed E-state index contributed by atoms with van der Waals surface area (Å²) in [4.78, 5) is 12.3. The molecule has 88 valence electrons. The van der Waals surface area contributed by atoms with E-state index in [0.717, 1.165) is 6.42 Å². The summed E-state index contributed by atoms with van der Waals surface area (Å²) in [5.41, 5.74) is 0. The van der Waals surface area contributed by atoms with Gasteiger partial charge in [-0.1, -0.05) is 0 Å². The minimum absolute atomic E-state index is 0.188. The first-order valence-corrected chi connectivity index (χ1v) is 6.30. The topological polar surface area (TPSA) is 77.9 Å². The highest BCUT2D eigenvalue weighted by Gasteiger charge is 2.33. The molecule has 1 aliphatic rings. The Morgan fingerprint density at radius 1 is 1.53 bits per heavy atom. The average Bonchev–Trinajstić information content (AvgIpc) is 2.48. The fourth-order valence-electron chi connectivity index (χ4n) is 1.63. The van der Waals surface area contributed by atoms with Crippen molar-refractivity contribution in [1.82, 2.24) is 9.21 Å². The molecule has 0 aliphatic carbocycles. The fraction of sp³-hybridized carbons (Fsp3) is 0.875. The molecule has 1 saturated heterocycles. The van der Waals surface area contributed by atoms with Gasteiger partial charge in [0, 0.05) is 19.1 Å². The summed E-state index contributed by atoms with van der Waals surface area (Å²) in [6, 6.07) is 0.188. The average molecular weight is 236 g/mol. The third kappa shape index (κ3) is 3.15. The SMILES string of the molecule is CN(C)C1CCN(S(=O)(=O)CC(=O)O)C1. The van der Waals surface area contributed by atoms with E-state index in [4.69, 9.17) is 5.11 Å². The maximum Gasteiger partial charge on any atom is 0.320 e. The van der Waals surface area contributed by atoms with Gasteiger partial charge in [-0.15, -0.1) is 0 Å². The number of hydrogen-bond donors (Lipinski definition) is 1. The first-order chi connectivity index (χ1) is 6.83. The molecule has 6 nitrogen and oxygen atoms in total. The molecular formula is C8H16N2O4S. The molecule has 0 aromatic rings. The van der Waals surface area contributed by atoms with Crippen molar-refractivity contribution in [3.63, 3.8) is 0 Å². The smallest absolute Gasteiger partial charge is 0.320 e. The lowest BCUT2D eigenvalue weighted by atomic mass is 10.2. The Morgan fingerprint density at radius 2 is 2.13 bits per heavy atom. The van der Waals surface area contributed by atoms with E-state index >= 15 is 0 Å². The van der Waals surface area contributed by atoms with Gasteiger partial charge in [-0.25, -0.2) is 8.42 Å². The molecule has 0 amide bonds. The Balaban J connectivity index is 2.64. The number of sulfonamides is 1. The summed E-state index contributed by atoms with van der Waals surface area (Å²) in [5.74, 6) is -2.11. The van der Waals surface area contributed by atoms with Gasteiger partial charge in [-0.2, -0.15) is 4.31 Å². The van der Waals surface area contributed by atoms with Crippen molar-refractivity contribution < 1.29 is 18.3 Å². The molecule has 0 radical (unpaired) electrons. The van der Waals surface area contributed by atoms with Crippen LogP contribution in [0.4, 0.5) is 0 Å². The molecular weight excluding hydrogens is 220 g/mol. The summed E-state index contributed by atoms with van der Waals surface area (Å²) in [6.07, 6.45) is 0.756. The molecule has 15 heavy (non-hydrogen) atoms. The van der Waals surface area contributed by atoms with Crippen LogP contribution in [0.3, 0.4) is 0 Å². The van der Waals surface area contributed by atoms with Crippen molar-refractivity contribution in [3.05, 3.63) is 0 Å². The first-order valence-electron chi connectivity index (χ1n) is 4.69. The van der Waals surface area contributed by atoms with Crippen molar-refractivity contribution in [1.29, 1.82) is 0 Å². The van der Waals surface area contributed by atoms with Gasteiger partial charge in [0.05, 0.1) is 0 Å². The zero-order valence-electron chi connectivity index (χ0n) is 8.88. The molecule has 0 spiro atoms. The van der Waals surface area contributed by atoms with Crippen LogP contribution >= 0.6 is 0 Å². The zero-order chi connectivity index (χ0) is 11.6. The number of nitrogens with zero attached hydrogens (tertiary/aromatic N) is 2. The van der Waals surface area contributed by atoms with Gasteiger partial charge in [-0.3, -0.25) is 4.79 Å². The van der Waals surface area contributed by atoms with Crippen molar-refractivity contribution in [2.24, 2.45) is 0 Å². The molecule has 1 N–H and O–H groups in total. The molecule has 7 heteroatoms. The van der Waals surface area contributed by atoms with E-state index in [1.807, 2.05) is 19.0 Å². The number of carboxylic acids is 1. The maximum atomic E-state index is 11.5. The molecule has 1 aliphatic heterocycles. The van der Waals surface area contributed by atoms with Crippen molar-refractivity contribution in [3.8, 4) is 0 Å². The zero-order valence-corrected chi connectivity index (χ0v) is 9.70. The van der Waals surface area contributed by atoms with Crippen LogP contribution in [0.5, 0.6) is 0 Å². The number of carbonyl (C=O) groups is 1. The molecule has 0 aromatic heterocycles. The second-order valence-electron chi connectivity index (χ2n) is 3.91. The van der Waals surface area contributed by atoms with Gasteiger partial charge in [-0.05, 0) is 20.5 Å². The van der Waals surface area contributed by atoms with Crippen LogP contribution in [0.1, 0.15) is 6.42 Å². The number of aliphatic carboxylic acids is 1. The number of carboxylic acid groups (broad SMARTS) is 1. The van der Waals surface area contributed by atoms with E-state index in [0.29, 0.717) is 13.1 Å². The maximum absolute atomic E-state index is 11.5. The first kappa shape index (κ1) is 12.4. The summed E-state index contributed by atoms with van der Waals surface area (Å²) in [7, 11) is 0.155. The van der Waals surface area contributed by atoms with E-state index in [9.17, 15) is 13.2 Å². The summed E-state index contributed by atoms with van der Waals surface area (Å²) >= 11 is 0. The predicted molar refractivity (Wildman–Crippen MR) is 55.1 cm³/mol. The molecule has 1 atom stereocenters. The summed E-state index contributed by atoms with van der Waals surface area (Å²) < 4.78 is 24.3. The Labute approximate surface area is 89.5 Å². The normalized spacial score (nSPS) is 23.5. The number of hydrogen-bond acceptors (Lipinski definition) is 4. The minimum Gasteiger partial charge on any atom is -0.480 e. The Morgan fingerprint density at radius 3 is 2.53 bits per heavy atom. The van der Waals surface area contributed by atoms with Crippen LogP contribution < -0.4 is 0 Å². The molecule has 1 fully saturated rings. The van der Waals surface area contributed by atoms with E-state index in [2.05, 4.69) is 0 Å². The lowest BCUT2D eigenvalue weighted by Crippen LogP contribution is -2.37. The third-order valence-corrected chi connectivity index (χ3v) is 4.29. The molecule has 0 bridgehead atoms. The van der Waals surface area contributed by atoms with Gasteiger partial charge in [0.25, 0.3) is 0 Å². The highest BCUT2D eigenvalue weighted by Crippen LogP contribution is 2.16. The Bertz CT molecular complexity index is 339. The van der Waals surface area contributed by atoms with E-state index < -0.39 is 21.7 Å². The molecule has 1 rings (SSSR count). The Kier molecular flexibility index (Phi) is 3.69. The van der Waals surface area contributed by atoms with Crippen molar-refractivity contribution in [2.45, 2.75) is 12.5 Å². The summed E-state index contributed by atoms with van der Waals surface area (Å²) in [5, 5.41) is 8.47. The van der Waals surface area contributed by atoms with Gasteiger partial charge in [0.15, 0.2) is 5.75 Å². The second kappa shape index (κ2) is 4.46. The quantitative estimate of drug-likeness (QED) is 0.680. The molecule has 0 aromatic carbocycles. The van der Waals surface area contributed by atoms with Crippen LogP contribution in [-0.2, 0) is 14.8 Å². The third-order valence-electron chi connectivity index (χ3n) is 2.56. The highest BCUT2D eigenvalue weighted by molar-refractivity contribution is 7.89. The predicted octanol–water partition coefficient (Wildman–Crippen LogP) is -0.963. The van der Waals surface area contributed by atoms with Crippen LogP contribution in [0.2, 0.25) is 0 Å². The van der Waals surface area contributed by atoms with Gasteiger partial charge >= 0.3 is 5.97 Å². The van der Waals surface area contributed by atoms with Gasteiger partial charge < -0.3 is 10.0 Å². The molecule has 1 unspecified atom stereocenters. The highest BCUT2D eigenvalue weighted by atomic mass is 32.2. The standard InChI is InChI=1S/C8H16N2O4S/c1-9(2)7-3-4-10(5-7)15(13,14)6-8(11)12/h7H,3-6H2,1-2H3,(H,11,12). The van der Waals surface area contributed by atoms with E-state index in [-0.39, 0.29) is 6.04 Å². The fourth-order valence-corrected chi connectivity index (χ4v) is 2.91. The monoisotopic (exact) mass is 236 g/mol.